The van der Waals surface area contributed by atoms with Crippen LogP contribution in [0.1, 0.15) is 71.8 Å². The summed E-state index contributed by atoms with van der Waals surface area (Å²) in [6.07, 6.45) is 5.56. The number of nitrogens with zero attached hydrogens (tertiary/aromatic N) is 4. The van der Waals surface area contributed by atoms with Crippen molar-refractivity contribution in [2.45, 2.75) is 59.0 Å². The summed E-state index contributed by atoms with van der Waals surface area (Å²) in [7, 11) is 0. The van der Waals surface area contributed by atoms with Crippen molar-refractivity contribution in [1.29, 1.82) is 0 Å². The second kappa shape index (κ2) is 6.10. The number of rotatable bonds is 5. The van der Waals surface area contributed by atoms with Crippen molar-refractivity contribution in [2.75, 3.05) is 0 Å². The van der Waals surface area contributed by atoms with Crippen LogP contribution in [0.4, 0.5) is 0 Å². The Balaban J connectivity index is 1.72. The summed E-state index contributed by atoms with van der Waals surface area (Å²) >= 11 is 0. The first-order valence-electron chi connectivity index (χ1n) is 8.18. The van der Waals surface area contributed by atoms with E-state index in [-0.39, 0.29) is 11.9 Å². The molecule has 1 amide bonds. The molecule has 0 spiro atoms. The van der Waals surface area contributed by atoms with Crippen LogP contribution in [0.2, 0.25) is 0 Å². The van der Waals surface area contributed by atoms with Gasteiger partial charge in [-0.1, -0.05) is 0 Å². The molecule has 0 aliphatic heterocycles. The van der Waals surface area contributed by atoms with Gasteiger partial charge in [-0.25, -0.2) is 9.97 Å². The van der Waals surface area contributed by atoms with E-state index in [2.05, 4.69) is 27.3 Å². The highest BCUT2D eigenvalue weighted by molar-refractivity contribution is 5.93. The Kier molecular flexibility index (Phi) is 4.15. The largest absolute Gasteiger partial charge is 0.345 e. The van der Waals surface area contributed by atoms with Crippen LogP contribution in [0.5, 0.6) is 0 Å². The topological polar surface area (TPSA) is 72.7 Å². The number of amides is 1. The molecule has 1 aliphatic rings. The second-order valence-electron chi connectivity index (χ2n) is 6.20. The minimum atomic E-state index is -0.150. The number of nitrogens with one attached hydrogen (secondary N) is 1. The lowest BCUT2D eigenvalue weighted by Crippen LogP contribution is -2.27. The van der Waals surface area contributed by atoms with Gasteiger partial charge in [-0.15, -0.1) is 0 Å². The number of hydrogen-bond donors (Lipinski definition) is 1. The van der Waals surface area contributed by atoms with Crippen LogP contribution in [0.3, 0.4) is 0 Å². The van der Waals surface area contributed by atoms with Crippen LogP contribution in [-0.4, -0.2) is 25.7 Å². The monoisotopic (exact) mass is 313 g/mol. The smallest absolute Gasteiger partial charge is 0.254 e. The fourth-order valence-corrected chi connectivity index (χ4v) is 3.01. The Hall–Kier alpha value is -2.24. The van der Waals surface area contributed by atoms with E-state index < -0.39 is 0 Å². The van der Waals surface area contributed by atoms with Gasteiger partial charge in [0.25, 0.3) is 5.91 Å². The van der Waals surface area contributed by atoms with Gasteiger partial charge in [-0.2, -0.15) is 5.10 Å². The molecule has 23 heavy (non-hydrogen) atoms. The van der Waals surface area contributed by atoms with Gasteiger partial charge in [-0.05, 0) is 40.5 Å². The van der Waals surface area contributed by atoms with Crippen molar-refractivity contribution < 1.29 is 4.79 Å². The molecule has 1 fully saturated rings. The highest BCUT2D eigenvalue weighted by atomic mass is 16.1. The minimum Gasteiger partial charge on any atom is -0.345 e. The Morgan fingerprint density at radius 3 is 2.52 bits per heavy atom. The van der Waals surface area contributed by atoms with Gasteiger partial charge in [0.15, 0.2) is 0 Å². The summed E-state index contributed by atoms with van der Waals surface area (Å²) in [4.78, 5) is 21.0. The molecule has 6 nitrogen and oxygen atoms in total. The summed E-state index contributed by atoms with van der Waals surface area (Å²) < 4.78 is 1.96. The molecule has 1 atom stereocenters. The molecule has 122 valence electrons. The standard InChI is InChI=1S/C17H23N5O/c1-5-22-12(4)15(11(3)21-22)10(2)20-17(23)14-8-18-16(19-9-14)13-6-7-13/h8-10,13H,5-7H2,1-4H3,(H,20,23). The van der Waals surface area contributed by atoms with E-state index in [0.717, 1.165) is 42.2 Å². The number of carbonyl (C=O) groups is 1. The Labute approximate surface area is 136 Å². The molecule has 3 rings (SSSR count). The Morgan fingerprint density at radius 1 is 1.35 bits per heavy atom. The molecule has 1 saturated carbocycles. The zero-order valence-electron chi connectivity index (χ0n) is 14.1. The number of hydrogen-bond acceptors (Lipinski definition) is 4. The van der Waals surface area contributed by atoms with E-state index in [0.29, 0.717) is 11.5 Å². The molecule has 2 aromatic rings. The van der Waals surface area contributed by atoms with E-state index >= 15 is 0 Å². The van der Waals surface area contributed by atoms with Gasteiger partial charge >= 0.3 is 0 Å². The van der Waals surface area contributed by atoms with Gasteiger partial charge in [0.05, 0.1) is 17.3 Å². The van der Waals surface area contributed by atoms with Crippen LogP contribution in [0.15, 0.2) is 12.4 Å². The fourth-order valence-electron chi connectivity index (χ4n) is 3.01. The van der Waals surface area contributed by atoms with Crippen LogP contribution >= 0.6 is 0 Å². The van der Waals surface area contributed by atoms with Gasteiger partial charge in [0.1, 0.15) is 5.82 Å². The van der Waals surface area contributed by atoms with Crippen molar-refractivity contribution in [2.24, 2.45) is 0 Å². The zero-order chi connectivity index (χ0) is 16.6. The molecule has 1 unspecified atom stereocenters. The molecule has 0 radical (unpaired) electrons. The van der Waals surface area contributed by atoms with Crippen molar-refractivity contribution >= 4 is 5.91 Å². The number of carbonyl (C=O) groups excluding carboxylic acids is 1. The van der Waals surface area contributed by atoms with Gasteiger partial charge in [0, 0.05) is 36.1 Å². The molecule has 2 heterocycles. The van der Waals surface area contributed by atoms with Crippen LogP contribution in [0.25, 0.3) is 0 Å². The maximum atomic E-state index is 12.4. The third-order valence-corrected chi connectivity index (χ3v) is 4.39. The van der Waals surface area contributed by atoms with Crippen molar-refractivity contribution in [3.63, 3.8) is 0 Å². The van der Waals surface area contributed by atoms with E-state index in [9.17, 15) is 4.79 Å². The van der Waals surface area contributed by atoms with E-state index in [1.165, 1.54) is 0 Å². The van der Waals surface area contributed by atoms with Gasteiger partial charge in [-0.3, -0.25) is 9.48 Å². The van der Waals surface area contributed by atoms with Crippen molar-refractivity contribution in [3.8, 4) is 0 Å². The fraction of sp³-hybridized carbons (Fsp3) is 0.529. The van der Waals surface area contributed by atoms with Gasteiger partial charge in [0.2, 0.25) is 0 Å². The zero-order valence-corrected chi connectivity index (χ0v) is 14.1. The van der Waals surface area contributed by atoms with E-state index in [1.807, 2.05) is 25.5 Å². The first kappa shape index (κ1) is 15.6. The average Bonchev–Trinajstić information content (AvgIpc) is 3.33. The number of aromatic nitrogens is 4. The third kappa shape index (κ3) is 3.11. The SMILES string of the molecule is CCn1nc(C)c(C(C)NC(=O)c2cnc(C3CC3)nc2)c1C. The molecular formula is C17H23N5O. The molecular weight excluding hydrogens is 290 g/mol. The third-order valence-electron chi connectivity index (χ3n) is 4.39. The highest BCUT2D eigenvalue weighted by Crippen LogP contribution is 2.37. The van der Waals surface area contributed by atoms with E-state index in [4.69, 9.17) is 0 Å². The summed E-state index contributed by atoms with van der Waals surface area (Å²) in [5.74, 6) is 1.20. The summed E-state index contributed by atoms with van der Waals surface area (Å²) in [6, 6.07) is -0.106. The van der Waals surface area contributed by atoms with Crippen molar-refractivity contribution in [3.05, 3.63) is 40.7 Å². The van der Waals surface area contributed by atoms with Crippen LogP contribution in [0, 0.1) is 13.8 Å². The molecule has 1 aliphatic carbocycles. The average molecular weight is 313 g/mol. The maximum Gasteiger partial charge on any atom is 0.254 e. The lowest BCUT2D eigenvalue weighted by atomic mass is 10.1. The quantitative estimate of drug-likeness (QED) is 0.921. The van der Waals surface area contributed by atoms with Gasteiger partial charge < -0.3 is 5.32 Å². The molecule has 0 saturated heterocycles. The predicted molar refractivity (Wildman–Crippen MR) is 87.3 cm³/mol. The molecule has 1 N–H and O–H groups in total. The Bertz CT molecular complexity index is 715. The molecule has 0 bridgehead atoms. The first-order chi connectivity index (χ1) is 11.0. The summed E-state index contributed by atoms with van der Waals surface area (Å²) in [5.41, 5.74) is 3.63. The van der Waals surface area contributed by atoms with Crippen LogP contribution in [-0.2, 0) is 6.54 Å². The number of aryl methyl sites for hydroxylation is 2. The lowest BCUT2D eigenvalue weighted by molar-refractivity contribution is 0.0939. The Morgan fingerprint density at radius 2 is 2.00 bits per heavy atom. The van der Waals surface area contributed by atoms with Crippen LogP contribution < -0.4 is 5.32 Å². The second-order valence-corrected chi connectivity index (χ2v) is 6.20. The lowest BCUT2D eigenvalue weighted by Gasteiger charge is -2.15. The minimum absolute atomic E-state index is 0.106. The van der Waals surface area contributed by atoms with E-state index in [1.54, 1.807) is 12.4 Å². The summed E-state index contributed by atoms with van der Waals surface area (Å²) in [6.45, 7) is 8.88. The molecule has 6 heteroatoms. The highest BCUT2D eigenvalue weighted by Gasteiger charge is 2.26. The maximum absolute atomic E-state index is 12.4. The van der Waals surface area contributed by atoms with Crippen molar-refractivity contribution in [1.82, 2.24) is 25.1 Å². The predicted octanol–water partition coefficient (Wildman–Crippen LogP) is 2.68. The summed E-state index contributed by atoms with van der Waals surface area (Å²) in [5, 5.41) is 7.53. The first-order valence-corrected chi connectivity index (χ1v) is 8.18. The molecule has 0 aromatic carbocycles. The normalized spacial score (nSPS) is 15.5. The molecule has 2 aromatic heterocycles.